The van der Waals surface area contributed by atoms with E-state index < -0.39 is 0 Å². The molecule has 0 spiro atoms. The summed E-state index contributed by atoms with van der Waals surface area (Å²) in [5, 5.41) is 3.29. The van der Waals surface area contributed by atoms with Crippen molar-refractivity contribution in [2.75, 3.05) is 19.0 Å². The Morgan fingerprint density at radius 2 is 2.00 bits per heavy atom. The van der Waals surface area contributed by atoms with Crippen molar-refractivity contribution in [1.82, 2.24) is 4.98 Å². The van der Waals surface area contributed by atoms with Gasteiger partial charge in [0.15, 0.2) is 0 Å². The lowest BCUT2D eigenvalue weighted by Crippen LogP contribution is -2.01. The van der Waals surface area contributed by atoms with Crippen LogP contribution in [0, 0.1) is 0 Å². The molecule has 0 amide bonds. The Labute approximate surface area is 108 Å². The summed E-state index contributed by atoms with van der Waals surface area (Å²) >= 11 is 0. The average Bonchev–Trinajstić information content (AvgIpc) is 2.45. The van der Waals surface area contributed by atoms with E-state index in [0.29, 0.717) is 0 Å². The van der Waals surface area contributed by atoms with E-state index in [0.717, 1.165) is 35.8 Å². The van der Waals surface area contributed by atoms with Gasteiger partial charge in [-0.15, -0.1) is 0 Å². The van der Waals surface area contributed by atoms with Gasteiger partial charge in [-0.2, -0.15) is 0 Å². The highest BCUT2D eigenvalue weighted by atomic mass is 16.5. The van der Waals surface area contributed by atoms with Gasteiger partial charge in [0.2, 0.25) is 0 Å². The van der Waals surface area contributed by atoms with Gasteiger partial charge in [0.05, 0.1) is 12.8 Å². The highest BCUT2D eigenvalue weighted by Crippen LogP contribution is 2.23. The highest BCUT2D eigenvalue weighted by molar-refractivity contribution is 5.63. The van der Waals surface area contributed by atoms with Crippen LogP contribution in [-0.4, -0.2) is 18.6 Å². The van der Waals surface area contributed by atoms with Gasteiger partial charge in [0, 0.05) is 12.1 Å². The minimum absolute atomic E-state index is 0.848. The van der Waals surface area contributed by atoms with E-state index in [1.165, 1.54) is 0 Å². The molecule has 3 heteroatoms. The second-order valence-corrected chi connectivity index (χ2v) is 4.07. The second-order valence-electron chi connectivity index (χ2n) is 4.07. The molecule has 1 N–H and O–H groups in total. The van der Waals surface area contributed by atoms with E-state index in [4.69, 9.17) is 4.74 Å². The number of hydrogen-bond acceptors (Lipinski definition) is 3. The lowest BCUT2D eigenvalue weighted by Gasteiger charge is -2.07. The molecule has 0 fully saturated rings. The first-order valence-electron chi connectivity index (χ1n) is 6.19. The van der Waals surface area contributed by atoms with Crippen LogP contribution in [0.25, 0.3) is 11.3 Å². The first-order chi connectivity index (χ1) is 8.83. The molecule has 0 aliphatic heterocycles. The lowest BCUT2D eigenvalue weighted by atomic mass is 10.1. The van der Waals surface area contributed by atoms with Crippen molar-refractivity contribution >= 4 is 5.82 Å². The van der Waals surface area contributed by atoms with Gasteiger partial charge in [0.1, 0.15) is 11.6 Å². The quantitative estimate of drug-likeness (QED) is 0.870. The van der Waals surface area contributed by atoms with Gasteiger partial charge in [-0.1, -0.05) is 25.1 Å². The number of nitrogens with zero attached hydrogens (tertiary/aromatic N) is 1. The minimum atomic E-state index is 0.848. The van der Waals surface area contributed by atoms with Gasteiger partial charge in [0.25, 0.3) is 0 Å². The number of rotatable bonds is 5. The van der Waals surface area contributed by atoms with Gasteiger partial charge in [-0.3, -0.25) is 0 Å². The molecule has 1 aromatic carbocycles. The topological polar surface area (TPSA) is 34.1 Å². The number of nitrogens with one attached hydrogen (secondary N) is 1. The third kappa shape index (κ3) is 3.00. The number of ether oxygens (including phenoxy) is 1. The molecule has 0 aliphatic rings. The van der Waals surface area contributed by atoms with Crippen molar-refractivity contribution in [3.05, 3.63) is 42.5 Å². The molecule has 0 aliphatic carbocycles. The zero-order chi connectivity index (χ0) is 12.8. The van der Waals surface area contributed by atoms with E-state index in [2.05, 4.69) is 17.2 Å². The Morgan fingerprint density at radius 3 is 2.78 bits per heavy atom. The standard InChI is InChI=1S/C15H18N2O/c1-3-10-16-15-9-5-8-14(17-15)12-6-4-7-13(11-12)18-2/h4-9,11H,3,10H2,1-2H3,(H,16,17). The summed E-state index contributed by atoms with van der Waals surface area (Å²) in [4.78, 5) is 4.59. The van der Waals surface area contributed by atoms with Crippen molar-refractivity contribution < 1.29 is 4.74 Å². The Kier molecular flexibility index (Phi) is 4.18. The van der Waals surface area contributed by atoms with Crippen molar-refractivity contribution in [2.45, 2.75) is 13.3 Å². The number of benzene rings is 1. The van der Waals surface area contributed by atoms with Crippen LogP contribution in [0.5, 0.6) is 5.75 Å². The van der Waals surface area contributed by atoms with E-state index in [-0.39, 0.29) is 0 Å². The summed E-state index contributed by atoms with van der Waals surface area (Å²) in [6.45, 7) is 3.08. The molecule has 2 rings (SSSR count). The van der Waals surface area contributed by atoms with E-state index in [1.54, 1.807) is 7.11 Å². The zero-order valence-corrected chi connectivity index (χ0v) is 10.8. The molecule has 0 unspecified atom stereocenters. The van der Waals surface area contributed by atoms with Crippen LogP contribution in [0.1, 0.15) is 13.3 Å². The van der Waals surface area contributed by atoms with Crippen LogP contribution in [0.3, 0.4) is 0 Å². The minimum Gasteiger partial charge on any atom is -0.497 e. The molecule has 0 bridgehead atoms. The van der Waals surface area contributed by atoms with Crippen molar-refractivity contribution in [1.29, 1.82) is 0 Å². The largest absolute Gasteiger partial charge is 0.497 e. The molecule has 18 heavy (non-hydrogen) atoms. The molecule has 1 heterocycles. The maximum Gasteiger partial charge on any atom is 0.126 e. The first kappa shape index (κ1) is 12.4. The number of aromatic nitrogens is 1. The molecular formula is C15H18N2O. The maximum absolute atomic E-state index is 5.23. The fourth-order valence-corrected chi connectivity index (χ4v) is 1.73. The predicted molar refractivity (Wildman–Crippen MR) is 75.0 cm³/mol. The zero-order valence-electron chi connectivity index (χ0n) is 10.8. The van der Waals surface area contributed by atoms with Crippen LogP contribution in [0.2, 0.25) is 0 Å². The monoisotopic (exact) mass is 242 g/mol. The Hall–Kier alpha value is -2.03. The summed E-state index contributed by atoms with van der Waals surface area (Å²) in [5.74, 6) is 1.76. The number of methoxy groups -OCH3 is 1. The average molecular weight is 242 g/mol. The lowest BCUT2D eigenvalue weighted by molar-refractivity contribution is 0.415. The third-order valence-corrected chi connectivity index (χ3v) is 2.67. The van der Waals surface area contributed by atoms with Gasteiger partial charge in [-0.25, -0.2) is 4.98 Å². The maximum atomic E-state index is 5.23. The molecule has 1 aromatic heterocycles. The number of hydrogen-bond donors (Lipinski definition) is 1. The summed E-state index contributed by atoms with van der Waals surface area (Å²) in [6.07, 6.45) is 1.09. The SMILES string of the molecule is CCCNc1cccc(-c2cccc(OC)c2)n1. The molecule has 0 saturated heterocycles. The summed E-state index contributed by atoms with van der Waals surface area (Å²) in [6, 6.07) is 13.9. The van der Waals surface area contributed by atoms with Crippen molar-refractivity contribution in [3.63, 3.8) is 0 Å². The van der Waals surface area contributed by atoms with Gasteiger partial charge >= 0.3 is 0 Å². The second kappa shape index (κ2) is 6.05. The summed E-state index contributed by atoms with van der Waals surface area (Å²) < 4.78 is 5.23. The summed E-state index contributed by atoms with van der Waals surface area (Å²) in [5.41, 5.74) is 2.02. The van der Waals surface area contributed by atoms with Crippen LogP contribution in [-0.2, 0) is 0 Å². The van der Waals surface area contributed by atoms with Gasteiger partial charge < -0.3 is 10.1 Å². The molecule has 94 valence electrons. The molecular weight excluding hydrogens is 224 g/mol. The Bertz CT molecular complexity index is 511. The molecule has 3 nitrogen and oxygen atoms in total. The molecule has 0 radical (unpaired) electrons. The first-order valence-corrected chi connectivity index (χ1v) is 6.19. The van der Waals surface area contributed by atoms with Gasteiger partial charge in [-0.05, 0) is 30.7 Å². The Morgan fingerprint density at radius 1 is 1.17 bits per heavy atom. The molecule has 0 saturated carbocycles. The van der Waals surface area contributed by atoms with Crippen LogP contribution < -0.4 is 10.1 Å². The molecule has 0 atom stereocenters. The number of pyridine rings is 1. The fraction of sp³-hybridized carbons (Fsp3) is 0.267. The third-order valence-electron chi connectivity index (χ3n) is 2.67. The number of anilines is 1. The van der Waals surface area contributed by atoms with Crippen LogP contribution in [0.4, 0.5) is 5.82 Å². The van der Waals surface area contributed by atoms with E-state index >= 15 is 0 Å². The summed E-state index contributed by atoms with van der Waals surface area (Å²) in [7, 11) is 1.67. The van der Waals surface area contributed by atoms with Crippen molar-refractivity contribution in [3.8, 4) is 17.0 Å². The fourth-order valence-electron chi connectivity index (χ4n) is 1.73. The predicted octanol–water partition coefficient (Wildman–Crippen LogP) is 3.58. The highest BCUT2D eigenvalue weighted by Gasteiger charge is 2.02. The van der Waals surface area contributed by atoms with Crippen LogP contribution in [0.15, 0.2) is 42.5 Å². The van der Waals surface area contributed by atoms with E-state index in [9.17, 15) is 0 Å². The molecule has 2 aromatic rings. The smallest absolute Gasteiger partial charge is 0.126 e. The van der Waals surface area contributed by atoms with Crippen LogP contribution >= 0.6 is 0 Å². The Balaban J connectivity index is 2.26. The normalized spacial score (nSPS) is 10.1. The van der Waals surface area contributed by atoms with Crippen molar-refractivity contribution in [2.24, 2.45) is 0 Å². The van der Waals surface area contributed by atoms with E-state index in [1.807, 2.05) is 42.5 Å².